The maximum absolute atomic E-state index is 12.0. The van der Waals surface area contributed by atoms with Crippen LogP contribution in [0.25, 0.3) is 0 Å². The van der Waals surface area contributed by atoms with Crippen LogP contribution in [-0.4, -0.2) is 58.5 Å². The minimum atomic E-state index is -0.227. The van der Waals surface area contributed by atoms with Gasteiger partial charge in [-0.25, -0.2) is 0 Å². The van der Waals surface area contributed by atoms with E-state index in [1.807, 2.05) is 6.07 Å². The molecule has 0 unspecified atom stereocenters. The lowest BCUT2D eigenvalue weighted by molar-refractivity contribution is -0.126. The van der Waals surface area contributed by atoms with Gasteiger partial charge < -0.3 is 20.6 Å². The zero-order valence-corrected chi connectivity index (χ0v) is 16.9. The lowest BCUT2D eigenvalue weighted by Crippen LogP contribution is -2.32. The van der Waals surface area contributed by atoms with Gasteiger partial charge in [0.15, 0.2) is 7.98 Å². The van der Waals surface area contributed by atoms with Gasteiger partial charge in [0.1, 0.15) is 12.4 Å². The molecule has 2 rings (SSSR count). The van der Waals surface area contributed by atoms with Crippen LogP contribution in [0.3, 0.4) is 0 Å². The standard InChI is InChI=1S/C17H22BCl2N5O3/c18-22-7-9-28-11-17(27)21-6-1-2-16(26)23-15-5-8-25(24-15)12-3-4-13(19)14(20)10-12/h3-4,10,22H,1-2,5-9,11H2,(H,21,27)(H,23,24,26). The van der Waals surface area contributed by atoms with Crippen molar-refractivity contribution in [2.24, 2.45) is 5.10 Å². The largest absolute Gasteiger partial charge is 0.370 e. The first-order valence-corrected chi connectivity index (χ1v) is 9.63. The monoisotopic (exact) mass is 425 g/mol. The number of amidine groups is 1. The number of ether oxygens (including phenoxy) is 1. The van der Waals surface area contributed by atoms with Crippen LogP contribution in [0.5, 0.6) is 0 Å². The summed E-state index contributed by atoms with van der Waals surface area (Å²) in [6.45, 7) is 1.83. The number of hydrogen-bond acceptors (Lipinski definition) is 6. The highest BCUT2D eigenvalue weighted by molar-refractivity contribution is 6.42. The molecule has 0 spiro atoms. The summed E-state index contributed by atoms with van der Waals surface area (Å²) < 4.78 is 5.09. The Morgan fingerprint density at radius 2 is 2.04 bits per heavy atom. The van der Waals surface area contributed by atoms with Crippen LogP contribution in [-0.2, 0) is 14.3 Å². The van der Waals surface area contributed by atoms with E-state index in [1.165, 1.54) is 0 Å². The van der Waals surface area contributed by atoms with Gasteiger partial charge in [-0.3, -0.25) is 14.6 Å². The predicted octanol–water partition coefficient (Wildman–Crippen LogP) is 1.22. The maximum Gasteiger partial charge on any atom is 0.245 e. The zero-order chi connectivity index (χ0) is 20.4. The first kappa shape index (κ1) is 22.5. The molecule has 0 bridgehead atoms. The molecular weight excluding hydrogens is 404 g/mol. The van der Waals surface area contributed by atoms with Gasteiger partial charge in [0, 0.05) is 32.5 Å². The Kier molecular flexibility index (Phi) is 9.56. The number of rotatable bonds is 10. The van der Waals surface area contributed by atoms with E-state index in [9.17, 15) is 9.59 Å². The Hall–Kier alpha value is -1.81. The molecule has 0 saturated carbocycles. The highest BCUT2D eigenvalue weighted by atomic mass is 35.5. The maximum atomic E-state index is 12.0. The van der Waals surface area contributed by atoms with E-state index in [0.717, 1.165) is 5.69 Å². The summed E-state index contributed by atoms with van der Waals surface area (Å²) >= 11 is 11.9. The van der Waals surface area contributed by atoms with E-state index in [2.05, 4.69) is 21.0 Å². The molecule has 2 amide bonds. The highest BCUT2D eigenvalue weighted by Crippen LogP contribution is 2.28. The molecule has 1 aromatic carbocycles. The molecule has 1 heterocycles. The molecule has 2 radical (unpaired) electrons. The average Bonchev–Trinajstić information content (AvgIpc) is 3.13. The van der Waals surface area contributed by atoms with E-state index in [4.69, 9.17) is 35.9 Å². The number of hydrazone groups is 1. The lowest BCUT2D eigenvalue weighted by Gasteiger charge is -2.13. The Morgan fingerprint density at radius 1 is 1.21 bits per heavy atom. The normalized spacial score (nSPS) is 13.4. The average molecular weight is 426 g/mol. The van der Waals surface area contributed by atoms with Crippen LogP contribution >= 0.6 is 23.2 Å². The van der Waals surface area contributed by atoms with Crippen molar-refractivity contribution < 1.29 is 14.3 Å². The summed E-state index contributed by atoms with van der Waals surface area (Å²) in [5.41, 5.74) is 0.811. The molecule has 0 aliphatic carbocycles. The van der Waals surface area contributed by atoms with Crippen LogP contribution < -0.4 is 20.9 Å². The number of carbonyl (C=O) groups excluding carboxylic acids is 2. The van der Waals surface area contributed by atoms with Crippen LogP contribution in [0.15, 0.2) is 23.3 Å². The molecule has 150 valence electrons. The Bertz CT molecular complexity index is 720. The first-order chi connectivity index (χ1) is 13.5. The van der Waals surface area contributed by atoms with Crippen molar-refractivity contribution in [3.05, 3.63) is 28.2 Å². The van der Waals surface area contributed by atoms with Crippen molar-refractivity contribution in [2.45, 2.75) is 19.3 Å². The van der Waals surface area contributed by atoms with Crippen LogP contribution in [0.4, 0.5) is 5.69 Å². The summed E-state index contributed by atoms with van der Waals surface area (Å²) in [5, 5.41) is 15.0. The molecule has 3 N–H and O–H groups in total. The SMILES string of the molecule is [B]NCCOCC(=O)NCCCC(=O)NC1=NN(c2ccc(Cl)c(Cl)c2)CC1. The smallest absolute Gasteiger partial charge is 0.245 e. The van der Waals surface area contributed by atoms with Crippen LogP contribution in [0.1, 0.15) is 19.3 Å². The minimum Gasteiger partial charge on any atom is -0.370 e. The van der Waals surface area contributed by atoms with E-state index in [1.54, 1.807) is 17.1 Å². The number of anilines is 1. The quantitative estimate of drug-likeness (QED) is 0.387. The second kappa shape index (κ2) is 11.9. The van der Waals surface area contributed by atoms with E-state index < -0.39 is 0 Å². The summed E-state index contributed by atoms with van der Waals surface area (Å²) in [5.74, 6) is 0.228. The van der Waals surface area contributed by atoms with Crippen molar-refractivity contribution in [3.63, 3.8) is 0 Å². The van der Waals surface area contributed by atoms with Crippen LogP contribution in [0, 0.1) is 0 Å². The fourth-order valence-corrected chi connectivity index (χ4v) is 2.72. The molecule has 0 atom stereocenters. The van der Waals surface area contributed by atoms with Gasteiger partial charge in [-0.2, -0.15) is 5.10 Å². The molecular formula is C17H22BCl2N5O3. The van der Waals surface area contributed by atoms with E-state index in [0.29, 0.717) is 55.0 Å². The van der Waals surface area contributed by atoms with Crippen molar-refractivity contribution in [2.75, 3.05) is 37.9 Å². The zero-order valence-electron chi connectivity index (χ0n) is 15.3. The lowest BCUT2D eigenvalue weighted by atomic mass is 10.3. The Balaban J connectivity index is 1.65. The van der Waals surface area contributed by atoms with Crippen molar-refractivity contribution in [1.29, 1.82) is 0 Å². The molecule has 1 aliphatic rings. The summed E-state index contributed by atoms with van der Waals surface area (Å²) in [7, 11) is 5.09. The second-order valence-electron chi connectivity index (χ2n) is 6.03. The first-order valence-electron chi connectivity index (χ1n) is 8.87. The number of nitrogens with zero attached hydrogens (tertiary/aromatic N) is 2. The number of benzene rings is 1. The summed E-state index contributed by atoms with van der Waals surface area (Å²) in [4.78, 5) is 23.5. The van der Waals surface area contributed by atoms with Crippen molar-refractivity contribution >= 4 is 54.5 Å². The number of halogens is 2. The van der Waals surface area contributed by atoms with Crippen LogP contribution in [0.2, 0.25) is 10.0 Å². The molecule has 0 fully saturated rings. The third kappa shape index (κ3) is 7.67. The Morgan fingerprint density at radius 3 is 2.79 bits per heavy atom. The van der Waals surface area contributed by atoms with Crippen molar-refractivity contribution in [3.8, 4) is 0 Å². The molecule has 0 aromatic heterocycles. The molecule has 0 saturated heterocycles. The fraction of sp³-hybridized carbons (Fsp3) is 0.471. The molecule has 1 aromatic rings. The molecule has 28 heavy (non-hydrogen) atoms. The number of hydrogen-bond donors (Lipinski definition) is 3. The van der Waals surface area contributed by atoms with Gasteiger partial charge in [-0.15, -0.1) is 0 Å². The Labute approximate surface area is 175 Å². The molecule has 11 heteroatoms. The topological polar surface area (TPSA) is 95.1 Å². The van der Waals surface area contributed by atoms with Gasteiger partial charge in [0.25, 0.3) is 0 Å². The summed E-state index contributed by atoms with van der Waals surface area (Å²) in [6.07, 6.45) is 1.42. The number of amides is 2. The van der Waals surface area contributed by atoms with Gasteiger partial charge in [0.05, 0.1) is 22.3 Å². The number of carbonyl (C=O) groups is 2. The predicted molar refractivity (Wildman–Crippen MR) is 111 cm³/mol. The fourth-order valence-electron chi connectivity index (χ4n) is 2.42. The summed E-state index contributed by atoms with van der Waals surface area (Å²) in [6, 6.07) is 5.26. The van der Waals surface area contributed by atoms with Gasteiger partial charge in [-0.05, 0) is 24.6 Å². The van der Waals surface area contributed by atoms with E-state index >= 15 is 0 Å². The third-order valence-electron chi connectivity index (χ3n) is 3.81. The van der Waals surface area contributed by atoms with Crippen molar-refractivity contribution in [1.82, 2.24) is 15.9 Å². The second-order valence-corrected chi connectivity index (χ2v) is 6.84. The minimum absolute atomic E-state index is 0.0325. The van der Waals surface area contributed by atoms with Gasteiger partial charge in [-0.1, -0.05) is 23.2 Å². The van der Waals surface area contributed by atoms with Gasteiger partial charge >= 0.3 is 0 Å². The molecule has 1 aliphatic heterocycles. The van der Waals surface area contributed by atoms with Gasteiger partial charge in [0.2, 0.25) is 11.8 Å². The highest BCUT2D eigenvalue weighted by Gasteiger charge is 2.18. The molecule has 8 nitrogen and oxygen atoms in total. The third-order valence-corrected chi connectivity index (χ3v) is 4.55. The van der Waals surface area contributed by atoms with E-state index in [-0.39, 0.29) is 24.8 Å². The number of nitrogens with one attached hydrogen (secondary N) is 3.